The molecule has 0 radical (unpaired) electrons. The molecule has 14 heteroatoms. The largest absolute Gasteiger partial charge is 0.452 e. The molecular weight excluding hydrogens is 470 g/mol. The lowest BCUT2D eigenvalue weighted by atomic mass is 10.0. The van der Waals surface area contributed by atoms with E-state index in [0.29, 0.717) is 0 Å². The maximum atomic E-state index is 12.9. The number of sulfonamides is 1. The summed E-state index contributed by atoms with van der Waals surface area (Å²) in [5, 5.41) is 7.20. The Hall–Kier alpha value is -3.13. The summed E-state index contributed by atoms with van der Waals surface area (Å²) in [6.07, 6.45) is -10.3. The van der Waals surface area contributed by atoms with E-state index in [1.165, 1.54) is 19.1 Å². The number of hydrogen-bond donors (Lipinski definition) is 2. The topological polar surface area (TPSA) is 116 Å². The van der Waals surface area contributed by atoms with Gasteiger partial charge in [0.05, 0.1) is 21.6 Å². The highest BCUT2D eigenvalue weighted by Crippen LogP contribution is 2.36. The van der Waals surface area contributed by atoms with Gasteiger partial charge in [-0.05, 0) is 42.8 Å². The molecule has 7 nitrogen and oxygen atoms in total. The predicted octanol–water partition coefficient (Wildman–Crippen LogP) is 3.48. The summed E-state index contributed by atoms with van der Waals surface area (Å²) in [6.45, 7) is 0.367. The first-order valence-electron chi connectivity index (χ1n) is 8.38. The Kier molecular flexibility index (Phi) is 6.90. The lowest BCUT2D eigenvalue weighted by Gasteiger charge is -2.14. The van der Waals surface area contributed by atoms with Gasteiger partial charge in [0.1, 0.15) is 0 Å². The van der Waals surface area contributed by atoms with E-state index < -0.39 is 57.5 Å². The number of hydrogen-bond acceptors (Lipinski definition) is 5. The molecular formula is C18H14F6N2O5S. The number of primary sulfonamides is 1. The van der Waals surface area contributed by atoms with Crippen molar-refractivity contribution >= 4 is 27.6 Å². The molecule has 1 amide bonds. The highest BCUT2D eigenvalue weighted by molar-refractivity contribution is 7.89. The van der Waals surface area contributed by atoms with E-state index in [1.54, 1.807) is 0 Å². The van der Waals surface area contributed by atoms with Crippen LogP contribution in [-0.4, -0.2) is 26.9 Å². The lowest BCUT2D eigenvalue weighted by Crippen LogP contribution is -2.22. The Labute approximate surface area is 177 Å². The zero-order valence-electron chi connectivity index (χ0n) is 16.0. The van der Waals surface area contributed by atoms with Crippen molar-refractivity contribution < 1.29 is 49.1 Å². The fourth-order valence-corrected chi connectivity index (χ4v) is 3.28. The number of rotatable bonds is 5. The molecule has 0 saturated heterocycles. The van der Waals surface area contributed by atoms with E-state index in [9.17, 15) is 44.3 Å². The Morgan fingerprint density at radius 1 is 0.969 bits per heavy atom. The molecule has 0 aliphatic heterocycles. The summed E-state index contributed by atoms with van der Waals surface area (Å²) in [5.74, 6) is -2.64. The monoisotopic (exact) mass is 484 g/mol. The molecule has 32 heavy (non-hydrogen) atoms. The Morgan fingerprint density at radius 3 is 1.97 bits per heavy atom. The highest BCUT2D eigenvalue weighted by atomic mass is 32.2. The molecule has 0 aliphatic carbocycles. The number of nitrogens with one attached hydrogen (secondary N) is 1. The zero-order chi connectivity index (χ0) is 24.5. The van der Waals surface area contributed by atoms with Crippen LogP contribution in [0.4, 0.5) is 32.0 Å². The minimum Gasteiger partial charge on any atom is -0.452 e. The predicted molar refractivity (Wildman–Crippen MR) is 97.9 cm³/mol. The van der Waals surface area contributed by atoms with E-state index in [1.807, 2.05) is 0 Å². The molecule has 0 fully saturated rings. The normalized spacial score (nSPS) is 12.4. The number of esters is 1. The van der Waals surface area contributed by atoms with Crippen molar-refractivity contribution in [2.75, 3.05) is 11.9 Å². The molecule has 0 aliphatic rings. The smallest absolute Gasteiger partial charge is 0.416 e. The Bertz CT molecular complexity index is 1130. The number of nitrogens with two attached hydrogens (primary N) is 1. The van der Waals surface area contributed by atoms with Gasteiger partial charge < -0.3 is 10.1 Å². The molecule has 0 heterocycles. The Balaban J connectivity index is 2.17. The summed E-state index contributed by atoms with van der Waals surface area (Å²) in [7, 11) is -4.11. The number of carbonyl (C=O) groups is 2. The molecule has 0 atom stereocenters. The van der Waals surface area contributed by atoms with Crippen LogP contribution in [0.25, 0.3) is 0 Å². The summed E-state index contributed by atoms with van der Waals surface area (Å²) < 4.78 is 105. The van der Waals surface area contributed by atoms with Crippen LogP contribution in [-0.2, 0) is 31.9 Å². The van der Waals surface area contributed by atoms with E-state index in [4.69, 9.17) is 5.14 Å². The number of amides is 1. The van der Waals surface area contributed by atoms with E-state index in [2.05, 4.69) is 10.1 Å². The number of benzene rings is 2. The molecule has 0 aromatic heterocycles. The van der Waals surface area contributed by atoms with Crippen molar-refractivity contribution in [3.63, 3.8) is 0 Å². The molecule has 0 saturated carbocycles. The fourth-order valence-electron chi connectivity index (χ4n) is 2.47. The summed E-state index contributed by atoms with van der Waals surface area (Å²) in [6, 6.07) is 3.80. The third-order valence-corrected chi connectivity index (χ3v) is 4.99. The van der Waals surface area contributed by atoms with Crippen molar-refractivity contribution in [2.45, 2.75) is 24.2 Å². The van der Waals surface area contributed by atoms with Gasteiger partial charge in [-0.3, -0.25) is 4.79 Å². The number of anilines is 1. The van der Waals surface area contributed by atoms with Crippen LogP contribution in [0.15, 0.2) is 41.3 Å². The van der Waals surface area contributed by atoms with Gasteiger partial charge in [0.2, 0.25) is 10.0 Å². The molecule has 0 bridgehead atoms. The van der Waals surface area contributed by atoms with Gasteiger partial charge in [0, 0.05) is 5.69 Å². The first-order valence-corrected chi connectivity index (χ1v) is 9.93. The second kappa shape index (κ2) is 8.78. The number of carbonyl (C=O) groups excluding carboxylic acids is 2. The zero-order valence-corrected chi connectivity index (χ0v) is 16.8. The van der Waals surface area contributed by atoms with Crippen molar-refractivity contribution in [1.29, 1.82) is 0 Å². The number of ether oxygens (including phenoxy) is 1. The van der Waals surface area contributed by atoms with Crippen LogP contribution < -0.4 is 10.5 Å². The van der Waals surface area contributed by atoms with Crippen LogP contribution in [0.3, 0.4) is 0 Å². The molecule has 0 unspecified atom stereocenters. The maximum Gasteiger partial charge on any atom is 0.416 e. The quantitative estimate of drug-likeness (QED) is 0.498. The fraction of sp³-hybridized carbons (Fsp3) is 0.222. The molecule has 174 valence electrons. The third-order valence-electron chi connectivity index (χ3n) is 3.94. The van der Waals surface area contributed by atoms with E-state index in [-0.39, 0.29) is 34.3 Å². The third kappa shape index (κ3) is 6.43. The first kappa shape index (κ1) is 25.1. The van der Waals surface area contributed by atoms with Gasteiger partial charge in [-0.2, -0.15) is 26.3 Å². The molecule has 2 rings (SSSR count). The second-order valence-corrected chi connectivity index (χ2v) is 7.97. The summed E-state index contributed by atoms with van der Waals surface area (Å²) >= 11 is 0. The van der Waals surface area contributed by atoms with Gasteiger partial charge in [0.15, 0.2) is 6.61 Å². The minimum atomic E-state index is -5.17. The number of halogens is 6. The van der Waals surface area contributed by atoms with Crippen LogP contribution in [0, 0.1) is 6.92 Å². The number of alkyl halides is 6. The SMILES string of the molecule is Cc1ccc(NC(=O)COC(=O)c2cc(C(F)(F)F)cc(C(F)(F)F)c2)cc1S(N)(=O)=O. The van der Waals surface area contributed by atoms with Crippen LogP contribution >= 0.6 is 0 Å². The average Bonchev–Trinajstić information content (AvgIpc) is 2.65. The Morgan fingerprint density at radius 2 is 1.50 bits per heavy atom. The minimum absolute atomic E-state index is 0.0564. The first-order chi connectivity index (χ1) is 14.5. The summed E-state index contributed by atoms with van der Waals surface area (Å²) in [5.41, 5.74) is -4.29. The van der Waals surface area contributed by atoms with Gasteiger partial charge in [-0.15, -0.1) is 0 Å². The lowest BCUT2D eigenvalue weighted by molar-refractivity contribution is -0.143. The standard InChI is InChI=1S/C18H14F6N2O5S/c1-9-2-3-13(7-14(9)32(25,29)30)26-15(27)8-31-16(28)10-4-11(17(19,20)21)6-12(5-10)18(22,23)24/h2-7H,8H2,1H3,(H,26,27)(H2,25,29,30). The van der Waals surface area contributed by atoms with Crippen LogP contribution in [0.1, 0.15) is 27.0 Å². The number of aryl methyl sites for hydroxylation is 1. The van der Waals surface area contributed by atoms with Gasteiger partial charge in [0.25, 0.3) is 5.91 Å². The molecule has 0 spiro atoms. The van der Waals surface area contributed by atoms with E-state index >= 15 is 0 Å². The van der Waals surface area contributed by atoms with Crippen LogP contribution in [0.2, 0.25) is 0 Å². The molecule has 3 N–H and O–H groups in total. The van der Waals surface area contributed by atoms with Crippen molar-refractivity contribution in [2.24, 2.45) is 5.14 Å². The maximum absolute atomic E-state index is 12.9. The van der Waals surface area contributed by atoms with Crippen molar-refractivity contribution in [3.8, 4) is 0 Å². The molecule has 2 aromatic rings. The van der Waals surface area contributed by atoms with Crippen LogP contribution in [0.5, 0.6) is 0 Å². The van der Waals surface area contributed by atoms with Gasteiger partial charge in [-0.1, -0.05) is 6.07 Å². The second-order valence-electron chi connectivity index (χ2n) is 6.44. The average molecular weight is 484 g/mol. The van der Waals surface area contributed by atoms with Crippen molar-refractivity contribution in [1.82, 2.24) is 0 Å². The van der Waals surface area contributed by atoms with Crippen molar-refractivity contribution in [3.05, 3.63) is 58.7 Å². The van der Waals surface area contributed by atoms with Gasteiger partial charge >= 0.3 is 18.3 Å². The van der Waals surface area contributed by atoms with E-state index in [0.717, 1.165) is 6.07 Å². The summed E-state index contributed by atoms with van der Waals surface area (Å²) in [4.78, 5) is 23.6. The highest BCUT2D eigenvalue weighted by Gasteiger charge is 2.37. The van der Waals surface area contributed by atoms with Gasteiger partial charge in [-0.25, -0.2) is 18.4 Å². The molecule has 2 aromatic carbocycles.